The van der Waals surface area contributed by atoms with Gasteiger partial charge in [0.05, 0.1) is 22.8 Å². The van der Waals surface area contributed by atoms with Crippen LogP contribution in [0.5, 0.6) is 0 Å². The van der Waals surface area contributed by atoms with Gasteiger partial charge in [0.15, 0.2) is 23.4 Å². The molecular formula is C39H36F2N8O2. The van der Waals surface area contributed by atoms with Crippen molar-refractivity contribution in [2.75, 3.05) is 46.6 Å². The van der Waals surface area contributed by atoms with Crippen molar-refractivity contribution in [3.8, 4) is 0 Å². The molecule has 5 aliphatic rings. The highest BCUT2D eigenvalue weighted by atomic mass is 19.1. The third-order valence-electron chi connectivity index (χ3n) is 9.96. The van der Waals surface area contributed by atoms with Crippen LogP contribution in [0.1, 0.15) is 49.7 Å². The van der Waals surface area contributed by atoms with Crippen molar-refractivity contribution in [3.63, 3.8) is 0 Å². The van der Waals surface area contributed by atoms with E-state index in [9.17, 15) is 8.78 Å². The van der Waals surface area contributed by atoms with Crippen molar-refractivity contribution < 1.29 is 17.6 Å². The van der Waals surface area contributed by atoms with Gasteiger partial charge < -0.3 is 29.3 Å². The Bertz CT molecular complexity index is 2070. The second-order valence-electron chi connectivity index (χ2n) is 13.4. The SMILES string of the molecule is Fc1coc(Nc2cc(N3CCCCC3)ccc2C2=CC3=CC(c4ccc(N5CCCCC5)cc4Nc4cc(F)co4)=NC4=NC=NC(=N2)C34)c1. The van der Waals surface area contributed by atoms with Crippen LogP contribution in [0.15, 0.2) is 108 Å². The molecule has 0 amide bonds. The molecule has 2 aromatic heterocycles. The molecule has 0 saturated carbocycles. The molecule has 7 heterocycles. The molecule has 9 rings (SSSR count). The average Bonchev–Trinajstić information content (AvgIpc) is 3.78. The number of hydrogen-bond acceptors (Lipinski definition) is 10. The minimum atomic E-state index is -0.455. The summed E-state index contributed by atoms with van der Waals surface area (Å²) in [5.74, 6) is 0.541. The van der Waals surface area contributed by atoms with Crippen LogP contribution in [0.4, 0.5) is 43.3 Å². The standard InChI is InChI=1S/C39H36F2N8O2/c40-25-17-35(50-21-25)44-33-19-27(48-11-3-1-4-12-48)7-9-29(33)31-15-24-16-32(47-39-37(24)38(46-31)42-23-43-39)30-10-8-28(49-13-5-2-6-14-49)20-34(30)45-36-18-26(41)22-51-36/h7-10,15-23,37,44-45H,1-6,11-14H2. The number of hydrogen-bond donors (Lipinski definition) is 2. The summed E-state index contributed by atoms with van der Waals surface area (Å²) in [5.41, 5.74) is 7.59. The van der Waals surface area contributed by atoms with Crippen LogP contribution in [0.2, 0.25) is 0 Å². The van der Waals surface area contributed by atoms with Crippen LogP contribution in [-0.2, 0) is 0 Å². The van der Waals surface area contributed by atoms with Crippen LogP contribution >= 0.6 is 0 Å². The molecular weight excluding hydrogens is 650 g/mol. The average molecular weight is 687 g/mol. The van der Waals surface area contributed by atoms with E-state index in [2.05, 4.69) is 54.7 Å². The van der Waals surface area contributed by atoms with Crippen LogP contribution in [0.3, 0.4) is 0 Å². The number of allylic oxidation sites excluding steroid dienone is 2. The van der Waals surface area contributed by atoms with Crippen molar-refractivity contribution in [1.82, 2.24) is 0 Å². The molecule has 5 aliphatic heterocycles. The van der Waals surface area contributed by atoms with Crippen LogP contribution in [-0.4, -0.2) is 49.9 Å². The molecule has 10 nitrogen and oxygen atoms in total. The second kappa shape index (κ2) is 13.2. The van der Waals surface area contributed by atoms with Crippen LogP contribution in [0, 0.1) is 17.6 Å². The van der Waals surface area contributed by atoms with E-state index < -0.39 is 11.6 Å². The van der Waals surface area contributed by atoms with Gasteiger partial charge in [-0.2, -0.15) is 0 Å². The van der Waals surface area contributed by atoms with Gasteiger partial charge in [0.2, 0.25) is 0 Å². The fourth-order valence-corrected chi connectivity index (χ4v) is 7.45. The van der Waals surface area contributed by atoms with Crippen LogP contribution in [0.25, 0.3) is 5.70 Å². The van der Waals surface area contributed by atoms with Gasteiger partial charge >= 0.3 is 0 Å². The first-order valence-corrected chi connectivity index (χ1v) is 17.6. The number of anilines is 6. The molecule has 0 radical (unpaired) electrons. The fourth-order valence-electron chi connectivity index (χ4n) is 7.45. The largest absolute Gasteiger partial charge is 0.446 e. The van der Waals surface area contributed by atoms with Gasteiger partial charge in [0.25, 0.3) is 0 Å². The first-order valence-electron chi connectivity index (χ1n) is 17.6. The van der Waals surface area contributed by atoms with Crippen molar-refractivity contribution in [1.29, 1.82) is 0 Å². The van der Waals surface area contributed by atoms with E-state index in [-0.39, 0.29) is 5.92 Å². The number of furan rings is 2. The fraction of sp³-hybridized carbons (Fsp3) is 0.282. The quantitative estimate of drug-likeness (QED) is 0.192. The molecule has 0 aliphatic carbocycles. The Morgan fingerprint density at radius 2 is 1.24 bits per heavy atom. The predicted molar refractivity (Wildman–Crippen MR) is 198 cm³/mol. The highest BCUT2D eigenvalue weighted by Gasteiger charge is 2.35. The zero-order chi connectivity index (χ0) is 34.3. The molecule has 0 bridgehead atoms. The Labute approximate surface area is 293 Å². The lowest BCUT2D eigenvalue weighted by molar-refractivity contribution is 0.543. The van der Waals surface area contributed by atoms with Crippen molar-refractivity contribution in [2.24, 2.45) is 25.9 Å². The zero-order valence-electron chi connectivity index (χ0n) is 27.9. The van der Waals surface area contributed by atoms with Gasteiger partial charge in [-0.05, 0) is 92.6 Å². The van der Waals surface area contributed by atoms with Crippen molar-refractivity contribution in [3.05, 3.63) is 102 Å². The maximum atomic E-state index is 14.0. The molecule has 0 spiro atoms. The summed E-state index contributed by atoms with van der Waals surface area (Å²) in [6.45, 7) is 3.93. The second-order valence-corrected chi connectivity index (χ2v) is 13.4. The number of aliphatic imine (C=N–C) groups is 4. The summed E-state index contributed by atoms with van der Waals surface area (Å²) < 4.78 is 38.9. The highest BCUT2D eigenvalue weighted by Crippen LogP contribution is 2.40. The molecule has 4 aromatic rings. The molecule has 2 saturated heterocycles. The van der Waals surface area contributed by atoms with Crippen LogP contribution < -0.4 is 20.4 Å². The summed E-state index contributed by atoms with van der Waals surface area (Å²) in [7, 11) is 0. The zero-order valence-corrected chi connectivity index (χ0v) is 27.9. The number of dihydropyridines is 1. The molecule has 1 atom stereocenters. The Hall–Kier alpha value is -5.78. The minimum absolute atomic E-state index is 0.298. The Morgan fingerprint density at radius 3 is 1.82 bits per heavy atom. The molecule has 2 N–H and O–H groups in total. The molecule has 12 heteroatoms. The molecule has 258 valence electrons. The minimum Gasteiger partial charge on any atom is -0.446 e. The molecule has 1 unspecified atom stereocenters. The van der Waals surface area contributed by atoms with Gasteiger partial charge in [-0.1, -0.05) is 0 Å². The first-order chi connectivity index (χ1) is 25.0. The normalized spacial score (nSPS) is 19.8. The van der Waals surface area contributed by atoms with Crippen molar-refractivity contribution in [2.45, 2.75) is 38.5 Å². The van der Waals surface area contributed by atoms with Gasteiger partial charge in [-0.15, -0.1) is 0 Å². The third-order valence-corrected chi connectivity index (χ3v) is 9.96. The van der Waals surface area contributed by atoms with Gasteiger partial charge in [0.1, 0.15) is 36.5 Å². The molecule has 2 fully saturated rings. The number of halogens is 2. The highest BCUT2D eigenvalue weighted by molar-refractivity contribution is 6.27. The maximum absolute atomic E-state index is 14.0. The van der Waals surface area contributed by atoms with E-state index in [0.29, 0.717) is 34.8 Å². The van der Waals surface area contributed by atoms with Gasteiger partial charge in [0, 0.05) is 60.8 Å². The number of nitrogens with one attached hydrogen (secondary N) is 2. The lowest BCUT2D eigenvalue weighted by atomic mass is 9.86. The monoisotopic (exact) mass is 686 g/mol. The lowest BCUT2D eigenvalue weighted by Gasteiger charge is -2.31. The number of benzene rings is 2. The first kappa shape index (κ1) is 31.2. The van der Waals surface area contributed by atoms with E-state index in [1.165, 1.54) is 31.3 Å². The van der Waals surface area contributed by atoms with E-state index >= 15 is 0 Å². The summed E-state index contributed by atoms with van der Waals surface area (Å²) in [5, 5.41) is 6.60. The van der Waals surface area contributed by atoms with E-state index in [4.69, 9.17) is 18.8 Å². The third kappa shape index (κ3) is 6.26. The lowest BCUT2D eigenvalue weighted by Crippen LogP contribution is -2.32. The van der Waals surface area contributed by atoms with E-state index in [0.717, 1.165) is 104 Å². The number of amidine groups is 2. The Balaban J connectivity index is 1.12. The summed E-state index contributed by atoms with van der Waals surface area (Å²) in [4.78, 5) is 23.9. The van der Waals surface area contributed by atoms with Crippen molar-refractivity contribution >= 4 is 63.9 Å². The maximum Gasteiger partial charge on any atom is 0.200 e. The van der Waals surface area contributed by atoms with E-state index in [1.807, 2.05) is 24.3 Å². The summed E-state index contributed by atoms with van der Waals surface area (Å²) in [6.07, 6.45) is 14.8. The Morgan fingerprint density at radius 1 is 0.647 bits per heavy atom. The van der Waals surface area contributed by atoms with Gasteiger partial charge in [-0.25, -0.2) is 28.8 Å². The predicted octanol–water partition coefficient (Wildman–Crippen LogP) is 8.86. The number of piperidine rings is 2. The smallest absolute Gasteiger partial charge is 0.200 e. The summed E-state index contributed by atoms with van der Waals surface area (Å²) in [6, 6.07) is 15.1. The summed E-state index contributed by atoms with van der Waals surface area (Å²) >= 11 is 0. The molecule has 51 heavy (non-hydrogen) atoms. The topological polar surface area (TPSA) is 106 Å². The number of nitrogens with zero attached hydrogens (tertiary/aromatic N) is 6. The van der Waals surface area contributed by atoms with E-state index in [1.54, 1.807) is 0 Å². The molecule has 2 aromatic carbocycles. The number of rotatable bonds is 8. The Kier molecular flexibility index (Phi) is 8.06. The van der Waals surface area contributed by atoms with Gasteiger partial charge in [-0.3, -0.25) is 0 Å².